The summed E-state index contributed by atoms with van der Waals surface area (Å²) in [7, 11) is 0. The van der Waals surface area contributed by atoms with Crippen LogP contribution in [-0.2, 0) is 11.2 Å². The molecule has 0 saturated carbocycles. The van der Waals surface area contributed by atoms with Crippen molar-refractivity contribution in [2.45, 2.75) is 47.1 Å². The normalized spacial score (nSPS) is 12.6. The predicted octanol–water partition coefficient (Wildman–Crippen LogP) is 2.30. The van der Waals surface area contributed by atoms with Gasteiger partial charge in [0.1, 0.15) is 6.29 Å². The Labute approximate surface area is 97.9 Å². The first-order valence-electron chi connectivity index (χ1n) is 5.66. The lowest BCUT2D eigenvalue weighted by molar-refractivity contribution is -0.108. The van der Waals surface area contributed by atoms with Gasteiger partial charge in [-0.15, -0.1) is 0 Å². The molecule has 88 valence electrons. The summed E-state index contributed by atoms with van der Waals surface area (Å²) in [6.45, 7) is 10.6. The van der Waals surface area contributed by atoms with Crippen molar-refractivity contribution < 1.29 is 4.79 Å². The van der Waals surface area contributed by atoms with Gasteiger partial charge in [-0.05, 0) is 74.4 Å². The van der Waals surface area contributed by atoms with Crippen LogP contribution in [0.1, 0.15) is 33.4 Å². The number of carbonyl (C=O) groups is 1. The molecule has 0 aliphatic heterocycles. The van der Waals surface area contributed by atoms with E-state index in [1.807, 2.05) is 0 Å². The summed E-state index contributed by atoms with van der Waals surface area (Å²) in [5.41, 5.74) is 13.5. The predicted molar refractivity (Wildman–Crippen MR) is 67.9 cm³/mol. The highest BCUT2D eigenvalue weighted by Crippen LogP contribution is 2.26. The van der Waals surface area contributed by atoms with Gasteiger partial charge in [0.2, 0.25) is 0 Å². The van der Waals surface area contributed by atoms with E-state index in [0.717, 1.165) is 6.29 Å². The van der Waals surface area contributed by atoms with E-state index in [2.05, 4.69) is 34.6 Å². The first kappa shape index (κ1) is 12.9. The van der Waals surface area contributed by atoms with Crippen molar-refractivity contribution in [1.82, 2.24) is 0 Å². The van der Waals surface area contributed by atoms with Gasteiger partial charge < -0.3 is 10.5 Å². The van der Waals surface area contributed by atoms with Gasteiger partial charge >= 0.3 is 0 Å². The second kappa shape index (κ2) is 4.79. The van der Waals surface area contributed by atoms with Crippen LogP contribution in [0, 0.1) is 34.6 Å². The van der Waals surface area contributed by atoms with Crippen LogP contribution in [0.25, 0.3) is 0 Å². The largest absolute Gasteiger partial charge is 0.321 e. The third kappa shape index (κ3) is 2.17. The first-order valence-corrected chi connectivity index (χ1v) is 5.66. The Morgan fingerprint density at radius 3 is 1.69 bits per heavy atom. The van der Waals surface area contributed by atoms with E-state index in [0.29, 0.717) is 6.42 Å². The summed E-state index contributed by atoms with van der Waals surface area (Å²) < 4.78 is 0. The third-order valence-electron chi connectivity index (χ3n) is 3.77. The Morgan fingerprint density at radius 2 is 1.31 bits per heavy atom. The molecular formula is C14H21NO. The van der Waals surface area contributed by atoms with Crippen LogP contribution in [0.4, 0.5) is 0 Å². The van der Waals surface area contributed by atoms with Gasteiger partial charge in [0, 0.05) is 0 Å². The second-order valence-corrected chi connectivity index (χ2v) is 4.61. The Hall–Kier alpha value is -1.15. The maximum atomic E-state index is 10.6. The standard InChI is InChI=1S/C14H21NO/c1-8-9(2)11(4)14(6-13(15)7-16)12(5)10(8)3/h7,13H,6,15H2,1-5H3/t13-/m1/s1. The lowest BCUT2D eigenvalue weighted by atomic mass is 9.87. The molecule has 0 unspecified atom stereocenters. The van der Waals surface area contributed by atoms with E-state index in [1.54, 1.807) is 0 Å². The molecule has 1 atom stereocenters. The van der Waals surface area contributed by atoms with Gasteiger partial charge in [-0.2, -0.15) is 0 Å². The van der Waals surface area contributed by atoms with Crippen molar-refractivity contribution in [2.24, 2.45) is 5.73 Å². The number of hydrogen-bond donors (Lipinski definition) is 1. The van der Waals surface area contributed by atoms with Crippen molar-refractivity contribution in [3.8, 4) is 0 Å². The minimum atomic E-state index is -0.390. The molecule has 0 fully saturated rings. The lowest BCUT2D eigenvalue weighted by Crippen LogP contribution is -2.25. The molecule has 0 bridgehead atoms. The molecule has 1 aromatic carbocycles. The van der Waals surface area contributed by atoms with Gasteiger partial charge in [-0.1, -0.05) is 0 Å². The molecule has 0 aliphatic carbocycles. The van der Waals surface area contributed by atoms with E-state index >= 15 is 0 Å². The summed E-state index contributed by atoms with van der Waals surface area (Å²) in [4.78, 5) is 10.6. The third-order valence-corrected chi connectivity index (χ3v) is 3.77. The van der Waals surface area contributed by atoms with Crippen LogP contribution >= 0.6 is 0 Å². The Bertz CT molecular complexity index is 392. The fraction of sp³-hybridized carbons (Fsp3) is 0.500. The van der Waals surface area contributed by atoms with Crippen molar-refractivity contribution in [1.29, 1.82) is 0 Å². The maximum Gasteiger partial charge on any atom is 0.137 e. The Kier molecular flexibility index (Phi) is 3.87. The molecule has 0 saturated heterocycles. The molecule has 1 aromatic rings. The zero-order valence-corrected chi connectivity index (χ0v) is 10.8. The van der Waals surface area contributed by atoms with Crippen molar-refractivity contribution in [3.05, 3.63) is 33.4 Å². The topological polar surface area (TPSA) is 43.1 Å². The maximum absolute atomic E-state index is 10.6. The van der Waals surface area contributed by atoms with E-state index in [4.69, 9.17) is 5.73 Å². The molecule has 2 nitrogen and oxygen atoms in total. The van der Waals surface area contributed by atoms with E-state index < -0.39 is 0 Å². The summed E-state index contributed by atoms with van der Waals surface area (Å²) in [5.74, 6) is 0. The van der Waals surface area contributed by atoms with Crippen LogP contribution in [0.15, 0.2) is 0 Å². The SMILES string of the molecule is Cc1c(C)c(C)c(C[C@@H](N)C=O)c(C)c1C. The molecule has 0 heterocycles. The molecule has 0 aliphatic rings. The number of rotatable bonds is 3. The van der Waals surface area contributed by atoms with Gasteiger partial charge in [-0.3, -0.25) is 0 Å². The highest BCUT2D eigenvalue weighted by Gasteiger charge is 2.14. The smallest absolute Gasteiger partial charge is 0.137 e. The minimum absolute atomic E-state index is 0.390. The van der Waals surface area contributed by atoms with Gasteiger partial charge in [0.25, 0.3) is 0 Å². The second-order valence-electron chi connectivity index (χ2n) is 4.61. The van der Waals surface area contributed by atoms with Crippen molar-refractivity contribution in [2.75, 3.05) is 0 Å². The Balaban J connectivity index is 3.33. The number of nitrogens with two attached hydrogens (primary N) is 1. The molecule has 2 heteroatoms. The number of benzene rings is 1. The summed E-state index contributed by atoms with van der Waals surface area (Å²) in [6.07, 6.45) is 1.46. The quantitative estimate of drug-likeness (QED) is 0.793. The van der Waals surface area contributed by atoms with Crippen molar-refractivity contribution in [3.63, 3.8) is 0 Å². The average molecular weight is 219 g/mol. The Morgan fingerprint density at radius 1 is 0.938 bits per heavy atom. The van der Waals surface area contributed by atoms with Crippen LogP contribution in [0.5, 0.6) is 0 Å². The molecule has 0 radical (unpaired) electrons. The zero-order chi connectivity index (χ0) is 12.5. The molecule has 1 rings (SSSR count). The van der Waals surface area contributed by atoms with Gasteiger partial charge in [0.05, 0.1) is 6.04 Å². The van der Waals surface area contributed by atoms with Crippen LogP contribution < -0.4 is 5.73 Å². The number of aldehydes is 1. The first-order chi connectivity index (χ1) is 7.40. The van der Waals surface area contributed by atoms with E-state index in [9.17, 15) is 4.79 Å². The minimum Gasteiger partial charge on any atom is -0.321 e. The highest BCUT2D eigenvalue weighted by molar-refractivity contribution is 5.59. The average Bonchev–Trinajstić information content (AvgIpc) is 2.29. The fourth-order valence-electron chi connectivity index (χ4n) is 2.17. The van der Waals surface area contributed by atoms with Gasteiger partial charge in [0.15, 0.2) is 0 Å². The lowest BCUT2D eigenvalue weighted by Gasteiger charge is -2.19. The molecule has 16 heavy (non-hydrogen) atoms. The monoisotopic (exact) mass is 219 g/mol. The fourth-order valence-corrected chi connectivity index (χ4v) is 2.17. The molecule has 0 aromatic heterocycles. The zero-order valence-electron chi connectivity index (χ0n) is 10.8. The molecule has 0 amide bonds. The highest BCUT2D eigenvalue weighted by atomic mass is 16.1. The molecule has 0 spiro atoms. The molecule has 2 N–H and O–H groups in total. The number of carbonyl (C=O) groups excluding carboxylic acids is 1. The summed E-state index contributed by atoms with van der Waals surface area (Å²) in [5, 5.41) is 0. The summed E-state index contributed by atoms with van der Waals surface area (Å²) >= 11 is 0. The summed E-state index contributed by atoms with van der Waals surface area (Å²) in [6, 6.07) is -0.390. The van der Waals surface area contributed by atoms with Gasteiger partial charge in [-0.25, -0.2) is 0 Å². The van der Waals surface area contributed by atoms with E-state index in [1.165, 1.54) is 33.4 Å². The molecular weight excluding hydrogens is 198 g/mol. The van der Waals surface area contributed by atoms with E-state index in [-0.39, 0.29) is 6.04 Å². The number of hydrogen-bond acceptors (Lipinski definition) is 2. The van der Waals surface area contributed by atoms with Crippen molar-refractivity contribution >= 4 is 6.29 Å². The van der Waals surface area contributed by atoms with Crippen LogP contribution in [0.3, 0.4) is 0 Å². The van der Waals surface area contributed by atoms with Crippen LogP contribution in [-0.4, -0.2) is 12.3 Å². The van der Waals surface area contributed by atoms with Crippen LogP contribution in [0.2, 0.25) is 0 Å².